The summed E-state index contributed by atoms with van der Waals surface area (Å²) in [4.78, 5) is 11.3. The Morgan fingerprint density at radius 1 is 1.06 bits per heavy atom. The van der Waals surface area contributed by atoms with Crippen molar-refractivity contribution in [3.63, 3.8) is 0 Å². The first-order valence-electron chi connectivity index (χ1n) is 5.64. The van der Waals surface area contributed by atoms with Crippen LogP contribution in [0.5, 0.6) is 0 Å². The fourth-order valence-electron chi connectivity index (χ4n) is 1.63. The molecule has 0 heterocycles. The minimum atomic E-state index is -0.448. The van der Waals surface area contributed by atoms with Gasteiger partial charge < -0.3 is 5.73 Å². The zero-order chi connectivity index (χ0) is 13.0. The van der Waals surface area contributed by atoms with Crippen LogP contribution in [0.2, 0.25) is 0 Å². The zero-order valence-corrected chi connectivity index (χ0v) is 10.1. The van der Waals surface area contributed by atoms with Crippen molar-refractivity contribution in [1.82, 2.24) is 0 Å². The third kappa shape index (κ3) is 2.78. The number of carbonyl (C=O) groups excluding carboxylic acids is 1. The second kappa shape index (κ2) is 5.20. The molecule has 0 unspecified atom stereocenters. The molecule has 0 fully saturated rings. The Hall–Kier alpha value is -2.53. The Bertz CT molecular complexity index is 633. The number of primary amides is 1. The lowest BCUT2D eigenvalue weighted by molar-refractivity contribution is 0.1000. The molecular formula is C16H13NO. The molecule has 0 bridgehead atoms. The van der Waals surface area contributed by atoms with Gasteiger partial charge in [0.25, 0.3) is 0 Å². The number of nitrogens with two attached hydrogens (primary N) is 1. The molecule has 2 aromatic carbocycles. The van der Waals surface area contributed by atoms with E-state index in [0.29, 0.717) is 11.1 Å². The SMILES string of the molecule is Cc1ccc(C#Cc2ccccc2)c(C(N)=O)c1. The molecule has 0 atom stereocenters. The van der Waals surface area contributed by atoms with E-state index in [4.69, 9.17) is 5.73 Å². The number of rotatable bonds is 1. The standard InChI is InChI=1S/C16H13NO/c1-12-7-9-14(15(11-12)16(17)18)10-8-13-5-3-2-4-6-13/h2-7,9,11H,1H3,(H2,17,18). The number of hydrogen-bond donors (Lipinski definition) is 1. The Balaban J connectivity index is 2.41. The fourth-order valence-corrected chi connectivity index (χ4v) is 1.63. The van der Waals surface area contributed by atoms with Crippen LogP contribution in [0, 0.1) is 18.8 Å². The zero-order valence-electron chi connectivity index (χ0n) is 10.1. The quantitative estimate of drug-likeness (QED) is 0.758. The van der Waals surface area contributed by atoms with Gasteiger partial charge in [-0.25, -0.2) is 0 Å². The third-order valence-electron chi connectivity index (χ3n) is 2.56. The van der Waals surface area contributed by atoms with Crippen molar-refractivity contribution in [2.75, 3.05) is 0 Å². The molecule has 0 aliphatic carbocycles. The molecule has 2 rings (SSSR count). The Morgan fingerprint density at radius 2 is 1.78 bits per heavy atom. The van der Waals surface area contributed by atoms with E-state index in [9.17, 15) is 4.79 Å². The summed E-state index contributed by atoms with van der Waals surface area (Å²) in [5.41, 5.74) is 8.39. The van der Waals surface area contributed by atoms with Crippen molar-refractivity contribution < 1.29 is 4.79 Å². The Labute approximate surface area is 106 Å². The van der Waals surface area contributed by atoms with Gasteiger partial charge in [0, 0.05) is 11.1 Å². The molecule has 88 valence electrons. The van der Waals surface area contributed by atoms with E-state index in [1.165, 1.54) is 0 Å². The smallest absolute Gasteiger partial charge is 0.249 e. The highest BCUT2D eigenvalue weighted by Gasteiger charge is 2.05. The first kappa shape index (κ1) is 11.9. The average molecular weight is 235 g/mol. The van der Waals surface area contributed by atoms with Crippen LogP contribution in [0.1, 0.15) is 27.0 Å². The van der Waals surface area contributed by atoms with Crippen molar-refractivity contribution in [2.24, 2.45) is 5.73 Å². The summed E-state index contributed by atoms with van der Waals surface area (Å²) in [5.74, 6) is 5.56. The summed E-state index contributed by atoms with van der Waals surface area (Å²) in [7, 11) is 0. The number of carbonyl (C=O) groups is 1. The lowest BCUT2D eigenvalue weighted by atomic mass is 10.0. The molecule has 2 heteroatoms. The predicted octanol–water partition coefficient (Wildman–Crippen LogP) is 2.49. The molecule has 0 saturated heterocycles. The summed E-state index contributed by atoms with van der Waals surface area (Å²) in [6.45, 7) is 1.92. The second-order valence-corrected chi connectivity index (χ2v) is 4.03. The highest BCUT2D eigenvalue weighted by Crippen LogP contribution is 2.10. The van der Waals surface area contributed by atoms with E-state index in [0.717, 1.165) is 11.1 Å². The van der Waals surface area contributed by atoms with Gasteiger partial charge in [-0.15, -0.1) is 0 Å². The molecule has 2 nitrogen and oxygen atoms in total. The molecule has 0 aromatic heterocycles. The van der Waals surface area contributed by atoms with E-state index in [1.807, 2.05) is 49.4 Å². The van der Waals surface area contributed by atoms with Crippen molar-refractivity contribution in [2.45, 2.75) is 6.92 Å². The van der Waals surface area contributed by atoms with Crippen LogP contribution in [0.4, 0.5) is 0 Å². The lowest BCUT2D eigenvalue weighted by Gasteiger charge is -2.01. The van der Waals surface area contributed by atoms with Crippen LogP contribution in [0.25, 0.3) is 0 Å². The van der Waals surface area contributed by atoms with E-state index >= 15 is 0 Å². The van der Waals surface area contributed by atoms with Crippen LogP contribution in [-0.2, 0) is 0 Å². The van der Waals surface area contributed by atoms with Gasteiger partial charge in [0.2, 0.25) is 5.91 Å². The second-order valence-electron chi connectivity index (χ2n) is 4.03. The van der Waals surface area contributed by atoms with Gasteiger partial charge in [0.05, 0.1) is 5.56 Å². The fraction of sp³-hybridized carbons (Fsp3) is 0.0625. The van der Waals surface area contributed by atoms with Crippen molar-refractivity contribution in [1.29, 1.82) is 0 Å². The minimum absolute atomic E-state index is 0.448. The average Bonchev–Trinajstić information content (AvgIpc) is 2.38. The number of benzene rings is 2. The maximum atomic E-state index is 11.3. The predicted molar refractivity (Wildman–Crippen MR) is 72.1 cm³/mol. The lowest BCUT2D eigenvalue weighted by Crippen LogP contribution is -2.13. The van der Waals surface area contributed by atoms with Gasteiger partial charge in [-0.05, 0) is 31.2 Å². The largest absolute Gasteiger partial charge is 0.366 e. The van der Waals surface area contributed by atoms with E-state index in [1.54, 1.807) is 6.07 Å². The summed E-state index contributed by atoms with van der Waals surface area (Å²) in [6, 6.07) is 15.1. The summed E-state index contributed by atoms with van der Waals surface area (Å²) < 4.78 is 0. The third-order valence-corrected chi connectivity index (χ3v) is 2.56. The first-order chi connectivity index (χ1) is 8.66. The molecule has 0 aliphatic rings. The van der Waals surface area contributed by atoms with Gasteiger partial charge >= 0.3 is 0 Å². The monoisotopic (exact) mass is 235 g/mol. The topological polar surface area (TPSA) is 43.1 Å². The molecule has 0 saturated carbocycles. The molecular weight excluding hydrogens is 222 g/mol. The molecule has 0 spiro atoms. The molecule has 0 radical (unpaired) electrons. The highest BCUT2D eigenvalue weighted by atomic mass is 16.1. The number of hydrogen-bond acceptors (Lipinski definition) is 1. The first-order valence-corrected chi connectivity index (χ1v) is 5.64. The molecule has 18 heavy (non-hydrogen) atoms. The summed E-state index contributed by atoms with van der Waals surface area (Å²) in [5, 5.41) is 0. The van der Waals surface area contributed by atoms with Crippen LogP contribution < -0.4 is 5.73 Å². The number of aryl methyl sites for hydroxylation is 1. The van der Waals surface area contributed by atoms with Crippen molar-refractivity contribution >= 4 is 5.91 Å². The van der Waals surface area contributed by atoms with Gasteiger partial charge in [-0.1, -0.05) is 41.7 Å². The van der Waals surface area contributed by atoms with Gasteiger partial charge in [-0.3, -0.25) is 4.79 Å². The van der Waals surface area contributed by atoms with Crippen molar-refractivity contribution in [3.8, 4) is 11.8 Å². The molecule has 1 amide bonds. The van der Waals surface area contributed by atoms with Gasteiger partial charge in [0.15, 0.2) is 0 Å². The van der Waals surface area contributed by atoms with Crippen molar-refractivity contribution in [3.05, 3.63) is 70.8 Å². The Kier molecular flexibility index (Phi) is 3.45. The van der Waals surface area contributed by atoms with Crippen LogP contribution in [0.15, 0.2) is 48.5 Å². The molecule has 0 aliphatic heterocycles. The minimum Gasteiger partial charge on any atom is -0.366 e. The normalized spacial score (nSPS) is 9.39. The van der Waals surface area contributed by atoms with Crippen LogP contribution in [-0.4, -0.2) is 5.91 Å². The maximum absolute atomic E-state index is 11.3. The Morgan fingerprint density at radius 3 is 2.44 bits per heavy atom. The molecule has 2 aromatic rings. The van der Waals surface area contributed by atoms with Crippen LogP contribution in [0.3, 0.4) is 0 Å². The van der Waals surface area contributed by atoms with E-state index in [2.05, 4.69) is 11.8 Å². The maximum Gasteiger partial charge on any atom is 0.249 e. The number of amides is 1. The highest BCUT2D eigenvalue weighted by molar-refractivity contribution is 5.95. The van der Waals surface area contributed by atoms with Gasteiger partial charge in [-0.2, -0.15) is 0 Å². The van der Waals surface area contributed by atoms with E-state index < -0.39 is 5.91 Å². The van der Waals surface area contributed by atoms with Crippen LogP contribution >= 0.6 is 0 Å². The molecule has 2 N–H and O–H groups in total. The summed E-state index contributed by atoms with van der Waals surface area (Å²) in [6.07, 6.45) is 0. The summed E-state index contributed by atoms with van der Waals surface area (Å²) >= 11 is 0. The van der Waals surface area contributed by atoms with E-state index in [-0.39, 0.29) is 0 Å². The van der Waals surface area contributed by atoms with Gasteiger partial charge in [0.1, 0.15) is 0 Å².